The zero-order chi connectivity index (χ0) is 15.4. The molecule has 3 N–H and O–H groups in total. The van der Waals surface area contributed by atoms with Crippen LogP contribution in [-0.4, -0.2) is 23.1 Å². The van der Waals surface area contributed by atoms with Crippen molar-refractivity contribution in [1.82, 2.24) is 5.32 Å². The van der Waals surface area contributed by atoms with Gasteiger partial charge in [0.25, 0.3) is 0 Å². The van der Waals surface area contributed by atoms with Crippen LogP contribution in [0.25, 0.3) is 0 Å². The number of carbonyl (C=O) groups excluding carboxylic acids is 1. The zero-order valence-corrected chi connectivity index (χ0v) is 12.0. The summed E-state index contributed by atoms with van der Waals surface area (Å²) in [4.78, 5) is 22.7. The van der Waals surface area contributed by atoms with E-state index in [-0.39, 0.29) is 22.7 Å². The van der Waals surface area contributed by atoms with Crippen molar-refractivity contribution in [2.75, 3.05) is 5.32 Å². The van der Waals surface area contributed by atoms with Crippen molar-refractivity contribution in [2.24, 2.45) is 5.92 Å². The Morgan fingerprint density at radius 1 is 1.24 bits per heavy atom. The molecule has 0 unspecified atom stereocenters. The third-order valence-corrected chi connectivity index (χ3v) is 3.93. The molecule has 1 aliphatic carbocycles. The largest absolute Gasteiger partial charge is 0.481 e. The van der Waals surface area contributed by atoms with Gasteiger partial charge in [-0.25, -0.2) is 9.18 Å². The fourth-order valence-electron chi connectivity index (χ4n) is 2.44. The van der Waals surface area contributed by atoms with Crippen LogP contribution >= 0.6 is 11.6 Å². The Balaban J connectivity index is 1.87. The Morgan fingerprint density at radius 2 is 1.90 bits per heavy atom. The highest BCUT2D eigenvalue weighted by molar-refractivity contribution is 6.33. The van der Waals surface area contributed by atoms with Crippen LogP contribution in [-0.2, 0) is 4.79 Å². The normalized spacial score (nSPS) is 21.6. The standard InChI is InChI=1S/C14H16ClFN2O3/c15-10-2-1-3-11(16)12(10)18-14(21)17-9-6-4-8(5-7-9)13(19)20/h1-3,8-9H,4-7H2,(H,19,20)(H2,17,18,21). The Hall–Kier alpha value is -1.82. The molecule has 1 aliphatic rings. The lowest BCUT2D eigenvalue weighted by atomic mass is 9.86. The van der Waals surface area contributed by atoms with Gasteiger partial charge in [0.15, 0.2) is 0 Å². The first kappa shape index (κ1) is 15.6. The first-order valence-electron chi connectivity index (χ1n) is 6.71. The molecule has 7 heteroatoms. The molecule has 0 saturated heterocycles. The summed E-state index contributed by atoms with van der Waals surface area (Å²) in [6.45, 7) is 0. The summed E-state index contributed by atoms with van der Waals surface area (Å²) in [5, 5.41) is 14.1. The van der Waals surface area contributed by atoms with Crippen molar-refractivity contribution in [3.05, 3.63) is 29.0 Å². The fourth-order valence-corrected chi connectivity index (χ4v) is 2.65. The predicted molar refractivity (Wildman–Crippen MR) is 76.9 cm³/mol. The maximum atomic E-state index is 13.5. The van der Waals surface area contributed by atoms with E-state index < -0.39 is 17.8 Å². The highest BCUT2D eigenvalue weighted by Crippen LogP contribution is 2.26. The number of nitrogens with one attached hydrogen (secondary N) is 2. The maximum absolute atomic E-state index is 13.5. The molecule has 1 saturated carbocycles. The van der Waals surface area contributed by atoms with E-state index in [4.69, 9.17) is 16.7 Å². The number of carboxylic acids is 1. The number of hydrogen-bond donors (Lipinski definition) is 3. The molecule has 21 heavy (non-hydrogen) atoms. The van der Waals surface area contributed by atoms with Gasteiger partial charge in [0.2, 0.25) is 0 Å². The van der Waals surface area contributed by atoms with Crippen molar-refractivity contribution in [3.63, 3.8) is 0 Å². The number of urea groups is 1. The summed E-state index contributed by atoms with van der Waals surface area (Å²) in [7, 11) is 0. The van der Waals surface area contributed by atoms with Gasteiger partial charge in [-0.2, -0.15) is 0 Å². The second kappa shape index (κ2) is 6.76. The number of carboxylic acid groups (broad SMARTS) is 1. The molecule has 0 spiro atoms. The number of amides is 2. The summed E-state index contributed by atoms with van der Waals surface area (Å²) in [5.41, 5.74) is -0.0594. The van der Waals surface area contributed by atoms with E-state index in [1.807, 2.05) is 0 Å². The number of benzene rings is 1. The number of para-hydroxylation sites is 1. The molecule has 1 aromatic carbocycles. The van der Waals surface area contributed by atoms with Gasteiger partial charge in [0, 0.05) is 6.04 Å². The first-order chi connectivity index (χ1) is 9.97. The molecule has 0 aliphatic heterocycles. The van der Waals surface area contributed by atoms with E-state index in [0.29, 0.717) is 25.7 Å². The van der Waals surface area contributed by atoms with Gasteiger partial charge in [-0.3, -0.25) is 4.79 Å². The lowest BCUT2D eigenvalue weighted by Crippen LogP contribution is -2.41. The van der Waals surface area contributed by atoms with Crippen LogP contribution in [0, 0.1) is 11.7 Å². The average Bonchev–Trinajstić information content (AvgIpc) is 2.43. The molecule has 5 nitrogen and oxygen atoms in total. The summed E-state index contributed by atoms with van der Waals surface area (Å²) in [6, 6.07) is 3.50. The lowest BCUT2D eigenvalue weighted by Gasteiger charge is -2.26. The maximum Gasteiger partial charge on any atom is 0.319 e. The van der Waals surface area contributed by atoms with E-state index in [1.54, 1.807) is 0 Å². The van der Waals surface area contributed by atoms with Crippen LogP contribution in [0.1, 0.15) is 25.7 Å². The number of rotatable bonds is 3. The Labute approximate surface area is 126 Å². The third kappa shape index (κ3) is 4.07. The van der Waals surface area contributed by atoms with Gasteiger partial charge >= 0.3 is 12.0 Å². The Kier molecular flexibility index (Phi) is 5.01. The summed E-state index contributed by atoms with van der Waals surface area (Å²) >= 11 is 5.82. The molecule has 0 aromatic heterocycles. The lowest BCUT2D eigenvalue weighted by molar-refractivity contribution is -0.142. The van der Waals surface area contributed by atoms with Gasteiger partial charge in [0.1, 0.15) is 5.82 Å². The van der Waals surface area contributed by atoms with Crippen LogP contribution in [0.3, 0.4) is 0 Å². The van der Waals surface area contributed by atoms with E-state index in [0.717, 1.165) is 0 Å². The highest BCUT2D eigenvalue weighted by Gasteiger charge is 2.26. The van der Waals surface area contributed by atoms with Crippen molar-refractivity contribution < 1.29 is 19.1 Å². The number of anilines is 1. The molecular formula is C14H16ClFN2O3. The minimum Gasteiger partial charge on any atom is -0.481 e. The number of carbonyl (C=O) groups is 2. The number of aliphatic carboxylic acids is 1. The molecule has 2 amide bonds. The van der Waals surface area contributed by atoms with Crippen LogP contribution < -0.4 is 10.6 Å². The van der Waals surface area contributed by atoms with Gasteiger partial charge in [0.05, 0.1) is 16.6 Å². The number of halogens is 2. The van der Waals surface area contributed by atoms with Crippen molar-refractivity contribution in [3.8, 4) is 0 Å². The first-order valence-corrected chi connectivity index (χ1v) is 7.09. The van der Waals surface area contributed by atoms with E-state index in [2.05, 4.69) is 10.6 Å². The van der Waals surface area contributed by atoms with Crippen LogP contribution in [0.4, 0.5) is 14.9 Å². The molecule has 0 atom stereocenters. The third-order valence-electron chi connectivity index (χ3n) is 3.61. The van der Waals surface area contributed by atoms with Gasteiger partial charge < -0.3 is 15.7 Å². The van der Waals surface area contributed by atoms with Crippen molar-refractivity contribution in [2.45, 2.75) is 31.7 Å². The van der Waals surface area contributed by atoms with Crippen molar-refractivity contribution in [1.29, 1.82) is 0 Å². The molecule has 0 heterocycles. The van der Waals surface area contributed by atoms with E-state index in [1.165, 1.54) is 18.2 Å². The Morgan fingerprint density at radius 3 is 2.48 bits per heavy atom. The second-order valence-corrected chi connectivity index (χ2v) is 5.49. The smallest absolute Gasteiger partial charge is 0.319 e. The van der Waals surface area contributed by atoms with Crippen LogP contribution in [0.15, 0.2) is 18.2 Å². The molecule has 0 radical (unpaired) electrons. The SMILES string of the molecule is O=C(Nc1c(F)cccc1Cl)NC1CCC(C(=O)O)CC1. The second-order valence-electron chi connectivity index (χ2n) is 5.08. The molecule has 2 rings (SSSR count). The summed E-state index contributed by atoms with van der Waals surface area (Å²) in [5.74, 6) is -1.74. The molecule has 1 aromatic rings. The minimum absolute atomic E-state index is 0.0594. The average molecular weight is 315 g/mol. The topological polar surface area (TPSA) is 78.4 Å². The highest BCUT2D eigenvalue weighted by atomic mass is 35.5. The summed E-state index contributed by atoms with van der Waals surface area (Å²) < 4.78 is 13.5. The quantitative estimate of drug-likeness (QED) is 0.801. The Bertz CT molecular complexity index is 525. The predicted octanol–water partition coefficient (Wildman–Crippen LogP) is 3.24. The molecule has 1 fully saturated rings. The summed E-state index contributed by atoms with van der Waals surface area (Å²) in [6.07, 6.45) is 2.24. The molecule has 114 valence electrons. The van der Waals surface area contributed by atoms with E-state index >= 15 is 0 Å². The fraction of sp³-hybridized carbons (Fsp3) is 0.429. The van der Waals surface area contributed by atoms with Gasteiger partial charge in [-0.1, -0.05) is 17.7 Å². The van der Waals surface area contributed by atoms with Crippen LogP contribution in [0.2, 0.25) is 5.02 Å². The zero-order valence-electron chi connectivity index (χ0n) is 11.2. The minimum atomic E-state index is -0.795. The number of hydrogen-bond acceptors (Lipinski definition) is 2. The van der Waals surface area contributed by atoms with E-state index in [9.17, 15) is 14.0 Å². The monoisotopic (exact) mass is 314 g/mol. The van der Waals surface area contributed by atoms with Crippen LogP contribution in [0.5, 0.6) is 0 Å². The molecular weight excluding hydrogens is 299 g/mol. The molecule has 0 bridgehead atoms. The van der Waals surface area contributed by atoms with Crippen molar-refractivity contribution >= 4 is 29.3 Å². The van der Waals surface area contributed by atoms with Gasteiger partial charge in [-0.05, 0) is 37.8 Å². The van der Waals surface area contributed by atoms with Gasteiger partial charge in [-0.15, -0.1) is 0 Å².